The van der Waals surface area contributed by atoms with Gasteiger partial charge in [-0.2, -0.15) is 13.9 Å². The minimum absolute atomic E-state index is 0.0797. The third kappa shape index (κ3) is 4.60. The summed E-state index contributed by atoms with van der Waals surface area (Å²) in [5.74, 6) is -3.85. The van der Waals surface area contributed by atoms with Crippen molar-refractivity contribution in [2.45, 2.75) is 31.9 Å². The molecule has 0 amide bonds. The molecule has 3 rings (SSSR count). The molecule has 3 aromatic rings. The minimum atomic E-state index is -3.82. The molecule has 0 aliphatic heterocycles. The number of ether oxygens (including phenoxy) is 1. The normalized spacial score (nSPS) is 14.0. The van der Waals surface area contributed by atoms with Crippen LogP contribution in [-0.4, -0.2) is 26.5 Å². The van der Waals surface area contributed by atoms with Crippen LogP contribution >= 0.6 is 11.6 Å². The van der Waals surface area contributed by atoms with E-state index in [2.05, 4.69) is 10.1 Å². The lowest BCUT2D eigenvalue weighted by molar-refractivity contribution is -0.0530. The molecule has 160 valence electrons. The van der Waals surface area contributed by atoms with Crippen molar-refractivity contribution >= 4 is 11.6 Å². The standard InChI is InChI=1S/C21H21ClF3N3O2/c1-14(2)20(29,11-28-13-26-12-27-28)18-8-7-17(9-19(18)21(24,25)10-23)30-16-5-3-15(22)4-6-16/h3-9,12-14,29H,10-11H2,1-2H3. The highest BCUT2D eigenvalue weighted by Gasteiger charge is 2.43. The molecule has 5 nitrogen and oxygen atoms in total. The molecule has 0 fully saturated rings. The summed E-state index contributed by atoms with van der Waals surface area (Å²) in [7, 11) is 0. The highest BCUT2D eigenvalue weighted by molar-refractivity contribution is 6.30. The van der Waals surface area contributed by atoms with Crippen LogP contribution in [0.2, 0.25) is 5.02 Å². The lowest BCUT2D eigenvalue weighted by Gasteiger charge is -2.35. The Labute approximate surface area is 177 Å². The highest BCUT2D eigenvalue weighted by Crippen LogP contribution is 2.42. The summed E-state index contributed by atoms with van der Waals surface area (Å²) in [5, 5.41) is 15.8. The van der Waals surface area contributed by atoms with Crippen molar-refractivity contribution in [3.05, 3.63) is 71.3 Å². The molecule has 0 aliphatic carbocycles. The Balaban J connectivity index is 2.07. The molecule has 0 bridgehead atoms. The zero-order chi connectivity index (χ0) is 21.9. The number of aromatic nitrogens is 3. The van der Waals surface area contributed by atoms with Gasteiger partial charge in [-0.15, -0.1) is 0 Å². The Morgan fingerprint density at radius 1 is 1.10 bits per heavy atom. The van der Waals surface area contributed by atoms with E-state index in [1.54, 1.807) is 38.1 Å². The maximum atomic E-state index is 14.6. The van der Waals surface area contributed by atoms with Crippen molar-refractivity contribution < 1.29 is 23.0 Å². The lowest BCUT2D eigenvalue weighted by Crippen LogP contribution is -2.39. The van der Waals surface area contributed by atoms with Gasteiger partial charge in [0.2, 0.25) is 0 Å². The van der Waals surface area contributed by atoms with Crippen molar-refractivity contribution in [1.82, 2.24) is 14.8 Å². The summed E-state index contributed by atoms with van der Waals surface area (Å²) >= 11 is 5.84. The van der Waals surface area contributed by atoms with Crippen LogP contribution in [-0.2, 0) is 18.1 Å². The average molecular weight is 440 g/mol. The van der Waals surface area contributed by atoms with Crippen LogP contribution in [0.25, 0.3) is 0 Å². The van der Waals surface area contributed by atoms with Gasteiger partial charge in [0.1, 0.15) is 29.8 Å². The maximum Gasteiger partial charge on any atom is 0.301 e. The molecule has 1 aromatic heterocycles. The molecule has 0 aliphatic rings. The molecule has 9 heteroatoms. The van der Waals surface area contributed by atoms with Gasteiger partial charge in [0.15, 0.2) is 6.67 Å². The van der Waals surface area contributed by atoms with Gasteiger partial charge in [0.25, 0.3) is 0 Å². The minimum Gasteiger partial charge on any atom is -0.457 e. The Morgan fingerprint density at radius 3 is 2.33 bits per heavy atom. The van der Waals surface area contributed by atoms with E-state index in [4.69, 9.17) is 16.3 Å². The Morgan fingerprint density at radius 2 is 1.77 bits per heavy atom. The predicted molar refractivity (Wildman–Crippen MR) is 107 cm³/mol. The van der Waals surface area contributed by atoms with Crippen LogP contribution in [0.15, 0.2) is 55.1 Å². The number of benzene rings is 2. The second-order valence-electron chi connectivity index (χ2n) is 7.27. The van der Waals surface area contributed by atoms with Gasteiger partial charge >= 0.3 is 5.92 Å². The molecular weight excluding hydrogens is 419 g/mol. The number of hydrogen-bond acceptors (Lipinski definition) is 4. The SMILES string of the molecule is CC(C)C(O)(Cn1cncn1)c1ccc(Oc2ccc(Cl)cc2)cc1C(F)(F)CF. The number of aliphatic hydroxyl groups is 1. The van der Waals surface area contributed by atoms with Crippen molar-refractivity contribution in [2.24, 2.45) is 5.92 Å². The molecule has 0 radical (unpaired) electrons. The van der Waals surface area contributed by atoms with E-state index in [1.807, 2.05) is 0 Å². The lowest BCUT2D eigenvalue weighted by atomic mass is 9.79. The average Bonchev–Trinajstić information content (AvgIpc) is 3.22. The molecule has 1 heterocycles. The van der Waals surface area contributed by atoms with Crippen molar-refractivity contribution in [3.8, 4) is 11.5 Å². The fourth-order valence-corrected chi connectivity index (χ4v) is 3.24. The van der Waals surface area contributed by atoms with E-state index in [0.717, 1.165) is 6.07 Å². The van der Waals surface area contributed by atoms with Gasteiger partial charge in [-0.05, 0) is 47.9 Å². The molecule has 30 heavy (non-hydrogen) atoms. The molecule has 1 N–H and O–H groups in total. The Kier molecular flexibility index (Phi) is 6.38. The van der Waals surface area contributed by atoms with Gasteiger partial charge in [-0.1, -0.05) is 31.5 Å². The zero-order valence-corrected chi connectivity index (χ0v) is 17.2. The van der Waals surface area contributed by atoms with Crippen molar-refractivity contribution in [2.75, 3.05) is 6.67 Å². The molecule has 1 atom stereocenters. The molecule has 1 unspecified atom stereocenters. The monoisotopic (exact) mass is 439 g/mol. The number of rotatable bonds is 8. The van der Waals surface area contributed by atoms with E-state index in [9.17, 15) is 18.3 Å². The maximum absolute atomic E-state index is 14.6. The molecule has 0 saturated carbocycles. The van der Waals surface area contributed by atoms with Crippen molar-refractivity contribution in [1.29, 1.82) is 0 Å². The van der Waals surface area contributed by atoms with Gasteiger partial charge in [-0.25, -0.2) is 14.1 Å². The van der Waals surface area contributed by atoms with Gasteiger partial charge in [0, 0.05) is 10.6 Å². The molecular formula is C21H21ClF3N3O2. The predicted octanol–water partition coefficient (Wildman–Crippen LogP) is 5.33. The Bertz CT molecular complexity index is 982. The second kappa shape index (κ2) is 8.65. The van der Waals surface area contributed by atoms with E-state index >= 15 is 0 Å². The van der Waals surface area contributed by atoms with Crippen LogP contribution in [0.1, 0.15) is 25.0 Å². The summed E-state index contributed by atoms with van der Waals surface area (Å²) in [6.07, 6.45) is 2.65. The van der Waals surface area contributed by atoms with E-state index in [-0.39, 0.29) is 17.9 Å². The third-order valence-corrected chi connectivity index (χ3v) is 5.15. The number of halogens is 4. The Hall–Kier alpha value is -2.58. The number of alkyl halides is 3. The first-order valence-corrected chi connectivity index (χ1v) is 9.60. The first kappa shape index (κ1) is 22.1. The summed E-state index contributed by atoms with van der Waals surface area (Å²) in [5.41, 5.74) is -2.49. The number of hydrogen-bond donors (Lipinski definition) is 1. The van der Waals surface area contributed by atoms with Gasteiger partial charge in [0.05, 0.1) is 6.54 Å². The van der Waals surface area contributed by atoms with E-state index in [1.165, 1.54) is 29.5 Å². The van der Waals surface area contributed by atoms with E-state index < -0.39 is 29.7 Å². The quantitative estimate of drug-likeness (QED) is 0.515. The van der Waals surface area contributed by atoms with E-state index in [0.29, 0.717) is 10.8 Å². The largest absolute Gasteiger partial charge is 0.457 e. The summed E-state index contributed by atoms with van der Waals surface area (Å²) in [6.45, 7) is 1.33. The summed E-state index contributed by atoms with van der Waals surface area (Å²) < 4.78 is 49.5. The summed E-state index contributed by atoms with van der Waals surface area (Å²) in [4.78, 5) is 3.82. The van der Waals surface area contributed by atoms with Crippen molar-refractivity contribution in [3.63, 3.8) is 0 Å². The van der Waals surface area contributed by atoms with Gasteiger partial charge < -0.3 is 9.84 Å². The second-order valence-corrected chi connectivity index (χ2v) is 7.71. The third-order valence-electron chi connectivity index (χ3n) is 4.89. The van der Waals surface area contributed by atoms with Crippen LogP contribution in [0.5, 0.6) is 11.5 Å². The van der Waals surface area contributed by atoms with Crippen LogP contribution < -0.4 is 4.74 Å². The summed E-state index contributed by atoms with van der Waals surface area (Å²) in [6, 6.07) is 10.2. The zero-order valence-electron chi connectivity index (χ0n) is 16.4. The fraction of sp³-hybridized carbons (Fsp3) is 0.333. The van der Waals surface area contributed by atoms with Gasteiger partial charge in [-0.3, -0.25) is 0 Å². The van der Waals surface area contributed by atoms with Crippen LogP contribution in [0.4, 0.5) is 13.2 Å². The molecule has 2 aromatic carbocycles. The highest BCUT2D eigenvalue weighted by atomic mass is 35.5. The smallest absolute Gasteiger partial charge is 0.301 e. The van der Waals surface area contributed by atoms with Crippen LogP contribution in [0, 0.1) is 5.92 Å². The number of nitrogens with zero attached hydrogens (tertiary/aromatic N) is 3. The van der Waals surface area contributed by atoms with Crippen LogP contribution in [0.3, 0.4) is 0 Å². The fourth-order valence-electron chi connectivity index (χ4n) is 3.12. The molecule has 0 spiro atoms. The first-order chi connectivity index (χ1) is 14.2. The topological polar surface area (TPSA) is 60.2 Å². The molecule has 0 saturated heterocycles. The first-order valence-electron chi connectivity index (χ1n) is 9.22.